The van der Waals surface area contributed by atoms with Crippen LogP contribution >= 0.6 is 0 Å². The monoisotopic (exact) mass is 636 g/mol. The van der Waals surface area contributed by atoms with Gasteiger partial charge in [-0.1, -0.05) is 102 Å². The lowest BCUT2D eigenvalue weighted by Crippen LogP contribution is -2.38. The molecular weight excluding hydrogens is 610 g/mol. The lowest BCUT2D eigenvalue weighted by atomic mass is 9.77. The van der Waals surface area contributed by atoms with Crippen LogP contribution in [-0.4, -0.2) is 36.4 Å². The molecule has 0 spiro atoms. The summed E-state index contributed by atoms with van der Waals surface area (Å²) in [5, 5.41) is 9.12. The number of halogens is 2. The second-order valence-corrected chi connectivity index (χ2v) is 11.1. The molecule has 0 bridgehead atoms. The van der Waals surface area contributed by atoms with Crippen LogP contribution in [0.4, 0.5) is 8.78 Å². The number of nitrogens with zero attached hydrogens (tertiary/aromatic N) is 6. The second kappa shape index (κ2) is 11.7. The van der Waals surface area contributed by atoms with Crippen LogP contribution in [0.1, 0.15) is 16.7 Å². The Morgan fingerprint density at radius 3 is 1.88 bits per heavy atom. The van der Waals surface area contributed by atoms with E-state index in [-0.39, 0.29) is 23.2 Å². The highest BCUT2D eigenvalue weighted by Gasteiger charge is 2.40. The van der Waals surface area contributed by atoms with Gasteiger partial charge in [-0.3, -0.25) is 13.6 Å². The molecule has 8 aromatic rings. The van der Waals surface area contributed by atoms with Crippen LogP contribution in [0.25, 0.3) is 39.5 Å². The summed E-state index contributed by atoms with van der Waals surface area (Å²) in [5.74, 6) is -1.19. The van der Waals surface area contributed by atoms with Gasteiger partial charge in [-0.15, -0.1) is 0 Å². The van der Waals surface area contributed by atoms with Crippen LogP contribution < -0.4 is 4.74 Å². The zero-order valence-corrected chi connectivity index (χ0v) is 25.5. The van der Waals surface area contributed by atoms with E-state index in [4.69, 9.17) is 14.4 Å². The maximum atomic E-state index is 15.7. The van der Waals surface area contributed by atoms with Crippen LogP contribution in [0.5, 0.6) is 6.08 Å². The third kappa shape index (κ3) is 4.65. The molecule has 8 nitrogen and oxygen atoms in total. The molecule has 48 heavy (non-hydrogen) atoms. The number of benzene rings is 4. The van der Waals surface area contributed by atoms with Crippen molar-refractivity contribution in [3.8, 4) is 40.0 Å². The van der Waals surface area contributed by atoms with E-state index in [1.165, 1.54) is 25.3 Å². The van der Waals surface area contributed by atoms with Crippen molar-refractivity contribution in [2.45, 2.75) is 5.54 Å². The van der Waals surface area contributed by atoms with Crippen LogP contribution in [-0.2, 0) is 5.54 Å². The molecule has 4 aromatic carbocycles. The first-order valence-electron chi connectivity index (χ1n) is 15.1. The van der Waals surface area contributed by atoms with Gasteiger partial charge < -0.3 is 4.74 Å². The van der Waals surface area contributed by atoms with E-state index < -0.39 is 17.2 Å². The second-order valence-electron chi connectivity index (χ2n) is 11.1. The molecule has 0 aliphatic carbocycles. The van der Waals surface area contributed by atoms with Crippen molar-refractivity contribution in [3.63, 3.8) is 0 Å². The Balaban J connectivity index is 1.45. The van der Waals surface area contributed by atoms with Crippen molar-refractivity contribution in [2.24, 2.45) is 0 Å². The average Bonchev–Trinajstić information content (AvgIpc) is 3.89. The molecule has 4 aromatic heterocycles. The molecule has 0 saturated carbocycles. The van der Waals surface area contributed by atoms with E-state index in [1.807, 2.05) is 120 Å². The van der Waals surface area contributed by atoms with Gasteiger partial charge in [0.05, 0.1) is 18.9 Å². The zero-order chi connectivity index (χ0) is 32.7. The Kier molecular flexibility index (Phi) is 7.10. The molecule has 0 fully saturated rings. The van der Waals surface area contributed by atoms with Crippen LogP contribution in [0, 0.1) is 11.6 Å². The van der Waals surface area contributed by atoms with Gasteiger partial charge in [-0.05, 0) is 41.0 Å². The summed E-state index contributed by atoms with van der Waals surface area (Å²) in [6, 6.07) is 37.4. The van der Waals surface area contributed by atoms with Gasteiger partial charge in [0.15, 0.2) is 0 Å². The lowest BCUT2D eigenvalue weighted by molar-refractivity contribution is 0.250. The highest BCUT2D eigenvalue weighted by atomic mass is 19.1. The van der Waals surface area contributed by atoms with E-state index in [1.54, 1.807) is 10.6 Å². The molecule has 8 rings (SSSR count). The lowest BCUT2D eigenvalue weighted by Gasteiger charge is -2.36. The molecule has 0 radical (unpaired) electrons. The van der Waals surface area contributed by atoms with Crippen LogP contribution in [0.15, 0.2) is 144 Å². The van der Waals surface area contributed by atoms with Crippen molar-refractivity contribution in [2.75, 3.05) is 7.11 Å². The van der Waals surface area contributed by atoms with Crippen LogP contribution in [0.2, 0.25) is 0 Å². The molecule has 0 aliphatic rings. The van der Waals surface area contributed by atoms with Crippen molar-refractivity contribution in [1.29, 1.82) is 0 Å². The van der Waals surface area contributed by atoms with E-state index >= 15 is 8.78 Å². The smallest absolute Gasteiger partial charge is 0.417 e. The molecule has 4 heterocycles. The number of ether oxygens (including phenoxy) is 1. The Morgan fingerprint density at radius 2 is 1.31 bits per heavy atom. The number of pyridine rings is 1. The van der Waals surface area contributed by atoms with Gasteiger partial charge in [0, 0.05) is 23.5 Å². The fourth-order valence-electron chi connectivity index (χ4n) is 6.30. The van der Waals surface area contributed by atoms with E-state index in [0.29, 0.717) is 22.5 Å². The minimum absolute atomic E-state index is 0.00812. The molecule has 10 heteroatoms. The number of hydrogen-bond donors (Lipinski definition) is 0. The summed E-state index contributed by atoms with van der Waals surface area (Å²) in [6.07, 6.45) is 5.30. The van der Waals surface area contributed by atoms with Gasteiger partial charge >= 0.3 is 6.08 Å². The molecule has 0 saturated heterocycles. The number of aromatic nitrogens is 6. The Hall–Kier alpha value is -6.42. The summed E-state index contributed by atoms with van der Waals surface area (Å²) < 4.78 is 45.2. The number of methoxy groups -OCH3 is 1. The molecule has 0 unspecified atom stereocenters. The Bertz CT molecular complexity index is 2250. The van der Waals surface area contributed by atoms with Gasteiger partial charge in [-0.25, -0.2) is 13.8 Å². The number of rotatable bonds is 8. The van der Waals surface area contributed by atoms with Gasteiger partial charge in [0.1, 0.15) is 34.2 Å². The first kappa shape index (κ1) is 29.0. The third-order valence-electron chi connectivity index (χ3n) is 8.46. The number of hydrogen-bond acceptors (Lipinski definition) is 6. The molecule has 0 atom stereocenters. The van der Waals surface area contributed by atoms with Gasteiger partial charge in [-0.2, -0.15) is 10.1 Å². The summed E-state index contributed by atoms with van der Waals surface area (Å²) in [4.78, 5) is 8.77. The van der Waals surface area contributed by atoms with Gasteiger partial charge in [0.2, 0.25) is 5.82 Å². The SMILES string of the molecule is COc1nc(-c2cnc3ccc(-c4cn(C(c5ccccc5)(c5ccccc5)c5ccccc5)nc4-c4c(F)cccc4F)cn23)no1. The average molecular weight is 637 g/mol. The van der Waals surface area contributed by atoms with Gasteiger partial charge in [0.25, 0.3) is 0 Å². The summed E-state index contributed by atoms with van der Waals surface area (Å²) in [6.45, 7) is 0. The minimum atomic E-state index is -1.02. The predicted octanol–water partition coefficient (Wildman–Crippen LogP) is 8.04. The fourth-order valence-corrected chi connectivity index (χ4v) is 6.30. The summed E-state index contributed by atoms with van der Waals surface area (Å²) in [5.41, 5.74) is 3.89. The van der Waals surface area contributed by atoms with E-state index in [9.17, 15) is 0 Å². The molecular formula is C38H26F2N6O2. The zero-order valence-electron chi connectivity index (χ0n) is 25.5. The minimum Gasteiger partial charge on any atom is -0.452 e. The van der Waals surface area contributed by atoms with Crippen LogP contribution in [0.3, 0.4) is 0 Å². The topological polar surface area (TPSA) is 83.3 Å². The number of imidazole rings is 1. The fraction of sp³-hybridized carbons (Fsp3) is 0.0526. The first-order valence-corrected chi connectivity index (χ1v) is 15.1. The normalized spacial score (nSPS) is 11.6. The van der Waals surface area contributed by atoms with Crippen molar-refractivity contribution >= 4 is 5.65 Å². The maximum absolute atomic E-state index is 15.7. The highest BCUT2D eigenvalue weighted by Crippen LogP contribution is 2.44. The first-order chi connectivity index (χ1) is 23.6. The molecule has 0 N–H and O–H groups in total. The highest BCUT2D eigenvalue weighted by molar-refractivity contribution is 5.82. The molecule has 0 amide bonds. The molecule has 0 aliphatic heterocycles. The summed E-state index contributed by atoms with van der Waals surface area (Å²) in [7, 11) is 1.44. The maximum Gasteiger partial charge on any atom is 0.417 e. The van der Waals surface area contributed by atoms with Crippen molar-refractivity contribution < 1.29 is 18.0 Å². The van der Waals surface area contributed by atoms with E-state index in [0.717, 1.165) is 16.7 Å². The predicted molar refractivity (Wildman–Crippen MR) is 176 cm³/mol. The van der Waals surface area contributed by atoms with E-state index in [2.05, 4.69) is 15.1 Å². The largest absolute Gasteiger partial charge is 0.452 e. The quantitative estimate of drug-likeness (QED) is 0.157. The third-order valence-corrected chi connectivity index (χ3v) is 8.46. The number of fused-ring (bicyclic) bond motifs is 1. The van der Waals surface area contributed by atoms with Crippen molar-refractivity contribution in [1.82, 2.24) is 29.3 Å². The standard InChI is InChI=1S/C38H26F2N6O2/c1-47-37-42-36(44-48-37)32-22-41-33-21-20-25(23-45(32)33)29-24-46(43-35(29)34-30(39)18-11-19-31(34)40)38(26-12-5-2-6-13-26,27-14-7-3-8-15-27)28-16-9-4-10-17-28/h2-24H,1H3. The summed E-state index contributed by atoms with van der Waals surface area (Å²) >= 11 is 0. The Labute approximate surface area is 273 Å². The van der Waals surface area contributed by atoms with Crippen molar-refractivity contribution in [3.05, 3.63) is 168 Å². The molecule has 234 valence electrons. The Morgan fingerprint density at radius 1 is 0.708 bits per heavy atom.